The topological polar surface area (TPSA) is 72.1 Å². The summed E-state index contributed by atoms with van der Waals surface area (Å²) < 4.78 is 10.6. The molecule has 0 bridgehead atoms. The van der Waals surface area contributed by atoms with Crippen LogP contribution in [0.1, 0.15) is 26.2 Å². The Labute approximate surface area is 122 Å². The predicted molar refractivity (Wildman–Crippen MR) is 82.1 cm³/mol. The molecule has 0 aromatic heterocycles. The molecule has 1 rings (SSSR count). The third-order valence-electron chi connectivity index (χ3n) is 3.24. The van der Waals surface area contributed by atoms with Gasteiger partial charge in [-0.1, -0.05) is 0 Å². The number of nitrogens with one attached hydrogen (secondary N) is 1. The summed E-state index contributed by atoms with van der Waals surface area (Å²) in [6.45, 7) is 10.2. The van der Waals surface area contributed by atoms with E-state index >= 15 is 0 Å². The van der Waals surface area contributed by atoms with Gasteiger partial charge in [-0.25, -0.2) is 0 Å². The highest BCUT2D eigenvalue weighted by molar-refractivity contribution is 5.77. The number of nitrogens with two attached hydrogens (primary N) is 1. The van der Waals surface area contributed by atoms with E-state index in [1.165, 1.54) is 0 Å². The molecule has 0 radical (unpaired) electrons. The molecule has 20 heavy (non-hydrogen) atoms. The van der Waals surface area contributed by atoms with Crippen molar-refractivity contribution in [2.75, 3.05) is 59.2 Å². The summed E-state index contributed by atoms with van der Waals surface area (Å²) in [5.74, 6) is 0.559. The van der Waals surface area contributed by atoms with Gasteiger partial charge in [0.2, 0.25) is 0 Å². The van der Waals surface area contributed by atoms with Gasteiger partial charge in [0.25, 0.3) is 0 Å². The van der Waals surface area contributed by atoms with E-state index in [0.717, 1.165) is 78.4 Å². The molecule has 0 saturated carbocycles. The fourth-order valence-corrected chi connectivity index (χ4v) is 2.06. The number of guanidine groups is 1. The molecule has 6 nitrogen and oxygen atoms in total. The summed E-state index contributed by atoms with van der Waals surface area (Å²) in [6.07, 6.45) is 3.17. The normalized spacial score (nSPS) is 17.4. The zero-order valence-corrected chi connectivity index (χ0v) is 12.8. The largest absolute Gasteiger partial charge is 0.382 e. The van der Waals surface area contributed by atoms with Crippen LogP contribution < -0.4 is 11.1 Å². The fourth-order valence-electron chi connectivity index (χ4n) is 2.06. The van der Waals surface area contributed by atoms with Crippen molar-refractivity contribution in [2.24, 2.45) is 10.7 Å². The number of hydrogen-bond donors (Lipinski definition) is 2. The Kier molecular flexibility index (Phi) is 10.3. The minimum Gasteiger partial charge on any atom is -0.382 e. The Morgan fingerprint density at radius 2 is 2.10 bits per heavy atom. The van der Waals surface area contributed by atoms with Gasteiger partial charge in [0, 0.05) is 45.9 Å². The minimum atomic E-state index is 0.559. The van der Waals surface area contributed by atoms with Gasteiger partial charge in [-0.2, -0.15) is 0 Å². The standard InChI is InChI=1S/C14H30N4O2/c1-2-19-11-4-3-6-16-14(15)17-7-5-8-18-9-12-20-13-10-18/h2-13H2,1H3,(H3,15,16,17). The summed E-state index contributed by atoms with van der Waals surface area (Å²) in [6, 6.07) is 0. The van der Waals surface area contributed by atoms with E-state index in [9.17, 15) is 0 Å². The fraction of sp³-hybridized carbons (Fsp3) is 0.929. The third kappa shape index (κ3) is 9.12. The Morgan fingerprint density at radius 1 is 1.30 bits per heavy atom. The molecule has 1 aliphatic rings. The van der Waals surface area contributed by atoms with Crippen molar-refractivity contribution in [3.63, 3.8) is 0 Å². The van der Waals surface area contributed by atoms with Crippen LogP contribution in [0.25, 0.3) is 0 Å². The lowest BCUT2D eigenvalue weighted by atomic mass is 10.3. The molecule has 6 heteroatoms. The van der Waals surface area contributed by atoms with Gasteiger partial charge in [-0.3, -0.25) is 9.89 Å². The van der Waals surface area contributed by atoms with Crippen LogP contribution in [0, 0.1) is 0 Å². The Balaban J connectivity index is 1.92. The number of unbranched alkanes of at least 4 members (excludes halogenated alkanes) is 1. The van der Waals surface area contributed by atoms with Crippen molar-refractivity contribution < 1.29 is 9.47 Å². The molecule has 1 aliphatic heterocycles. The first kappa shape index (κ1) is 17.2. The lowest BCUT2D eigenvalue weighted by Crippen LogP contribution is -2.37. The van der Waals surface area contributed by atoms with Crippen molar-refractivity contribution in [3.8, 4) is 0 Å². The third-order valence-corrected chi connectivity index (χ3v) is 3.24. The van der Waals surface area contributed by atoms with Crippen LogP contribution in [0.3, 0.4) is 0 Å². The van der Waals surface area contributed by atoms with Crippen LogP contribution in [0.5, 0.6) is 0 Å². The molecule has 0 atom stereocenters. The lowest BCUT2D eigenvalue weighted by Gasteiger charge is -2.26. The number of rotatable bonds is 10. The van der Waals surface area contributed by atoms with Gasteiger partial charge in [-0.05, 0) is 26.2 Å². The molecule has 0 amide bonds. The van der Waals surface area contributed by atoms with E-state index in [-0.39, 0.29) is 0 Å². The molecule has 0 spiro atoms. The van der Waals surface area contributed by atoms with E-state index in [1.807, 2.05) is 6.92 Å². The Hall–Kier alpha value is -0.850. The van der Waals surface area contributed by atoms with Gasteiger partial charge in [-0.15, -0.1) is 0 Å². The molecule has 1 fully saturated rings. The van der Waals surface area contributed by atoms with Gasteiger partial charge >= 0.3 is 0 Å². The second-order valence-electron chi connectivity index (χ2n) is 4.91. The van der Waals surface area contributed by atoms with Crippen LogP contribution in [0.15, 0.2) is 4.99 Å². The van der Waals surface area contributed by atoms with Crippen LogP contribution in [0.2, 0.25) is 0 Å². The molecule has 1 heterocycles. The van der Waals surface area contributed by atoms with Crippen molar-refractivity contribution in [1.29, 1.82) is 0 Å². The average Bonchev–Trinajstić information content (AvgIpc) is 2.48. The summed E-state index contributed by atoms with van der Waals surface area (Å²) >= 11 is 0. The highest BCUT2D eigenvalue weighted by Gasteiger charge is 2.08. The molecule has 118 valence electrons. The Morgan fingerprint density at radius 3 is 2.85 bits per heavy atom. The molecule has 0 unspecified atom stereocenters. The van der Waals surface area contributed by atoms with Crippen molar-refractivity contribution in [2.45, 2.75) is 26.2 Å². The van der Waals surface area contributed by atoms with Crippen molar-refractivity contribution in [3.05, 3.63) is 0 Å². The first-order chi connectivity index (χ1) is 9.83. The van der Waals surface area contributed by atoms with Gasteiger partial charge in [0.1, 0.15) is 0 Å². The highest BCUT2D eigenvalue weighted by Crippen LogP contribution is 1.97. The van der Waals surface area contributed by atoms with Gasteiger partial charge < -0.3 is 20.5 Å². The number of ether oxygens (including phenoxy) is 2. The monoisotopic (exact) mass is 286 g/mol. The van der Waals surface area contributed by atoms with E-state index in [2.05, 4.69) is 15.2 Å². The van der Waals surface area contributed by atoms with E-state index in [4.69, 9.17) is 15.2 Å². The van der Waals surface area contributed by atoms with Crippen molar-refractivity contribution >= 4 is 5.96 Å². The number of hydrogen-bond acceptors (Lipinski definition) is 4. The summed E-state index contributed by atoms with van der Waals surface area (Å²) in [5, 5.41) is 3.14. The van der Waals surface area contributed by atoms with Gasteiger partial charge in [0.05, 0.1) is 13.2 Å². The second-order valence-corrected chi connectivity index (χ2v) is 4.91. The van der Waals surface area contributed by atoms with Crippen molar-refractivity contribution in [1.82, 2.24) is 10.2 Å². The molecule has 0 aromatic carbocycles. The van der Waals surface area contributed by atoms with Crippen LogP contribution in [-0.4, -0.2) is 70.0 Å². The summed E-state index contributed by atoms with van der Waals surface area (Å²) in [4.78, 5) is 6.75. The second kappa shape index (κ2) is 11.9. The smallest absolute Gasteiger partial charge is 0.188 e. The molecule has 0 aliphatic carbocycles. The minimum absolute atomic E-state index is 0.559. The number of aliphatic imine (C=N–C) groups is 1. The van der Waals surface area contributed by atoms with Crippen LogP contribution >= 0.6 is 0 Å². The maximum Gasteiger partial charge on any atom is 0.188 e. The van der Waals surface area contributed by atoms with Crippen LogP contribution in [0.4, 0.5) is 0 Å². The maximum atomic E-state index is 5.81. The number of nitrogens with zero attached hydrogens (tertiary/aromatic N) is 2. The molecule has 0 aromatic rings. The maximum absolute atomic E-state index is 5.81. The molecular weight excluding hydrogens is 256 g/mol. The summed E-state index contributed by atoms with van der Waals surface area (Å²) in [5.41, 5.74) is 5.81. The zero-order chi connectivity index (χ0) is 14.5. The van der Waals surface area contributed by atoms with E-state index in [0.29, 0.717) is 5.96 Å². The molecule has 3 N–H and O–H groups in total. The van der Waals surface area contributed by atoms with E-state index < -0.39 is 0 Å². The molecule has 1 saturated heterocycles. The van der Waals surface area contributed by atoms with Crippen LogP contribution in [-0.2, 0) is 9.47 Å². The van der Waals surface area contributed by atoms with Gasteiger partial charge in [0.15, 0.2) is 5.96 Å². The number of morpholine rings is 1. The molecular formula is C14H30N4O2. The van der Waals surface area contributed by atoms with E-state index in [1.54, 1.807) is 0 Å². The predicted octanol–water partition coefficient (Wildman–Crippen LogP) is 0.430. The summed E-state index contributed by atoms with van der Waals surface area (Å²) in [7, 11) is 0. The highest BCUT2D eigenvalue weighted by atomic mass is 16.5. The zero-order valence-electron chi connectivity index (χ0n) is 12.8. The SMILES string of the molecule is CCOCCCCNC(N)=NCCCN1CCOCC1. The lowest BCUT2D eigenvalue weighted by molar-refractivity contribution is 0.0377. The first-order valence-corrected chi connectivity index (χ1v) is 7.74. The average molecular weight is 286 g/mol. The quantitative estimate of drug-likeness (QED) is 0.346. The Bertz CT molecular complexity index is 256. The first-order valence-electron chi connectivity index (χ1n) is 7.74.